The molecule has 0 heterocycles. The minimum Gasteiger partial charge on any atom is -0.483 e. The van der Waals surface area contributed by atoms with Gasteiger partial charge < -0.3 is 9.47 Å². The van der Waals surface area contributed by atoms with Crippen LogP contribution in [0.25, 0.3) is 0 Å². The molecule has 84 valence electrons. The van der Waals surface area contributed by atoms with Gasteiger partial charge in [-0.2, -0.15) is 5.26 Å². The molecule has 0 fully saturated rings. The largest absolute Gasteiger partial charge is 0.483 e. The summed E-state index contributed by atoms with van der Waals surface area (Å²) in [6, 6.07) is 2.02. The number of hydrogen-bond donors (Lipinski definition) is 0. The lowest BCUT2D eigenvalue weighted by Crippen LogP contribution is -2.07. The maximum Gasteiger partial charge on any atom is 0.333 e. The van der Waals surface area contributed by atoms with Gasteiger partial charge in [-0.1, -0.05) is 13.3 Å². The molecule has 0 bridgehead atoms. The normalized spacial score (nSPS) is 12.1. The van der Waals surface area contributed by atoms with Crippen molar-refractivity contribution in [2.24, 2.45) is 0 Å². The first-order valence-electron chi connectivity index (χ1n) is 5.13. The first-order chi connectivity index (χ1) is 7.24. The number of nitriles is 1. The average Bonchev–Trinajstić information content (AvgIpc) is 2.23. The fourth-order valence-electron chi connectivity index (χ4n) is 0.933. The molecule has 1 atom stereocenters. The Bertz CT molecular complexity index is 243. The lowest BCUT2D eigenvalue weighted by Gasteiger charge is -2.06. The van der Waals surface area contributed by atoms with Crippen LogP contribution in [0.2, 0.25) is 0 Å². The molecular weight excluding hydrogens is 194 g/mol. The van der Waals surface area contributed by atoms with Crippen LogP contribution < -0.4 is 0 Å². The third-order valence-electron chi connectivity index (χ3n) is 1.70. The highest BCUT2D eigenvalue weighted by Gasteiger charge is 2.04. The Morgan fingerprint density at radius 1 is 1.53 bits per heavy atom. The van der Waals surface area contributed by atoms with Crippen molar-refractivity contribution in [2.75, 3.05) is 6.61 Å². The van der Waals surface area contributed by atoms with Gasteiger partial charge in [0.05, 0.1) is 18.9 Å². The van der Waals surface area contributed by atoms with Gasteiger partial charge >= 0.3 is 5.97 Å². The van der Waals surface area contributed by atoms with Gasteiger partial charge in [-0.25, -0.2) is 4.79 Å². The SMILES string of the molecule is CCCCC(C#N)O/C=C/C(=O)OCC. The van der Waals surface area contributed by atoms with Crippen molar-refractivity contribution in [3.8, 4) is 6.07 Å². The van der Waals surface area contributed by atoms with E-state index in [0.717, 1.165) is 12.8 Å². The molecule has 0 saturated carbocycles. The highest BCUT2D eigenvalue weighted by molar-refractivity contribution is 5.81. The van der Waals surface area contributed by atoms with Crippen LogP contribution in [0, 0.1) is 11.3 Å². The van der Waals surface area contributed by atoms with Crippen molar-refractivity contribution in [1.82, 2.24) is 0 Å². The minimum atomic E-state index is -0.476. The highest BCUT2D eigenvalue weighted by Crippen LogP contribution is 2.04. The van der Waals surface area contributed by atoms with E-state index in [1.807, 2.05) is 13.0 Å². The Morgan fingerprint density at radius 3 is 2.80 bits per heavy atom. The molecule has 0 rings (SSSR count). The standard InChI is InChI=1S/C11H17NO3/c1-3-5-6-10(9-12)15-8-7-11(13)14-4-2/h7-8,10H,3-6H2,1-2H3/b8-7+. The molecule has 0 aromatic rings. The predicted molar refractivity (Wildman–Crippen MR) is 55.8 cm³/mol. The molecule has 15 heavy (non-hydrogen) atoms. The molecular formula is C11H17NO3. The van der Waals surface area contributed by atoms with E-state index in [9.17, 15) is 4.79 Å². The Morgan fingerprint density at radius 2 is 2.27 bits per heavy atom. The second-order valence-corrected chi connectivity index (χ2v) is 2.95. The van der Waals surface area contributed by atoms with E-state index in [-0.39, 0.29) is 0 Å². The summed E-state index contributed by atoms with van der Waals surface area (Å²) in [6.07, 6.45) is 4.56. The topological polar surface area (TPSA) is 59.3 Å². The zero-order valence-electron chi connectivity index (χ0n) is 9.23. The zero-order chi connectivity index (χ0) is 11.5. The number of rotatable bonds is 7. The molecule has 0 radical (unpaired) electrons. The first-order valence-corrected chi connectivity index (χ1v) is 5.13. The van der Waals surface area contributed by atoms with Crippen molar-refractivity contribution in [3.63, 3.8) is 0 Å². The molecule has 1 unspecified atom stereocenters. The summed E-state index contributed by atoms with van der Waals surface area (Å²) in [5.74, 6) is -0.454. The van der Waals surface area contributed by atoms with E-state index in [1.165, 1.54) is 12.3 Å². The number of hydrogen-bond acceptors (Lipinski definition) is 4. The lowest BCUT2D eigenvalue weighted by molar-refractivity contribution is -0.137. The van der Waals surface area contributed by atoms with E-state index in [1.54, 1.807) is 6.92 Å². The fraction of sp³-hybridized carbons (Fsp3) is 0.636. The number of nitrogens with zero attached hydrogens (tertiary/aromatic N) is 1. The Balaban J connectivity index is 3.80. The van der Waals surface area contributed by atoms with Crippen molar-refractivity contribution in [2.45, 2.75) is 39.2 Å². The van der Waals surface area contributed by atoms with Gasteiger partial charge in [-0.15, -0.1) is 0 Å². The number of esters is 1. The summed E-state index contributed by atoms with van der Waals surface area (Å²) >= 11 is 0. The summed E-state index contributed by atoms with van der Waals surface area (Å²) in [7, 11) is 0. The summed E-state index contributed by atoms with van der Waals surface area (Å²) in [5.41, 5.74) is 0. The summed E-state index contributed by atoms with van der Waals surface area (Å²) in [5, 5.41) is 8.70. The predicted octanol–water partition coefficient (Wildman–Crippen LogP) is 2.16. The van der Waals surface area contributed by atoms with Gasteiger partial charge in [-0.3, -0.25) is 0 Å². The van der Waals surface area contributed by atoms with E-state index in [2.05, 4.69) is 4.74 Å². The highest BCUT2D eigenvalue weighted by atomic mass is 16.5. The molecule has 0 N–H and O–H groups in total. The number of ether oxygens (including phenoxy) is 2. The molecule has 0 aliphatic heterocycles. The molecule has 0 aliphatic rings. The minimum absolute atomic E-state index is 0.334. The van der Waals surface area contributed by atoms with Crippen molar-refractivity contribution in [1.29, 1.82) is 5.26 Å². The summed E-state index contributed by atoms with van der Waals surface area (Å²) in [6.45, 7) is 4.11. The quantitative estimate of drug-likeness (QED) is 0.368. The van der Waals surface area contributed by atoms with Gasteiger partial charge in [0.15, 0.2) is 6.10 Å². The second kappa shape index (κ2) is 9.07. The van der Waals surface area contributed by atoms with Crippen LogP contribution in [0.5, 0.6) is 0 Å². The van der Waals surface area contributed by atoms with E-state index >= 15 is 0 Å². The van der Waals surface area contributed by atoms with Gasteiger partial charge in [0.2, 0.25) is 0 Å². The second-order valence-electron chi connectivity index (χ2n) is 2.95. The van der Waals surface area contributed by atoms with Crippen LogP contribution in [0.15, 0.2) is 12.3 Å². The fourth-order valence-corrected chi connectivity index (χ4v) is 0.933. The summed E-state index contributed by atoms with van der Waals surface area (Å²) < 4.78 is 9.72. The van der Waals surface area contributed by atoms with Gasteiger partial charge in [0.1, 0.15) is 6.07 Å². The van der Waals surface area contributed by atoms with Crippen LogP contribution in [0.4, 0.5) is 0 Å². The molecule has 0 amide bonds. The molecule has 0 saturated heterocycles. The van der Waals surface area contributed by atoms with Crippen LogP contribution in [-0.4, -0.2) is 18.7 Å². The Hall–Kier alpha value is -1.50. The third kappa shape index (κ3) is 7.56. The van der Waals surface area contributed by atoms with Crippen molar-refractivity contribution < 1.29 is 14.3 Å². The van der Waals surface area contributed by atoms with E-state index in [0.29, 0.717) is 13.0 Å². The van der Waals surface area contributed by atoms with Gasteiger partial charge in [0, 0.05) is 0 Å². The smallest absolute Gasteiger partial charge is 0.333 e. The Kier molecular flexibility index (Phi) is 8.16. The Labute approximate surface area is 90.5 Å². The number of carbonyl (C=O) groups excluding carboxylic acids is 1. The average molecular weight is 211 g/mol. The summed E-state index contributed by atoms with van der Waals surface area (Å²) in [4.78, 5) is 10.9. The van der Waals surface area contributed by atoms with E-state index in [4.69, 9.17) is 10.00 Å². The van der Waals surface area contributed by atoms with Crippen LogP contribution in [0.1, 0.15) is 33.1 Å². The molecule has 4 nitrogen and oxygen atoms in total. The van der Waals surface area contributed by atoms with Gasteiger partial charge in [0.25, 0.3) is 0 Å². The zero-order valence-corrected chi connectivity index (χ0v) is 9.23. The first kappa shape index (κ1) is 13.5. The van der Waals surface area contributed by atoms with Crippen LogP contribution in [-0.2, 0) is 14.3 Å². The lowest BCUT2D eigenvalue weighted by atomic mass is 10.2. The van der Waals surface area contributed by atoms with Crippen LogP contribution >= 0.6 is 0 Å². The van der Waals surface area contributed by atoms with Crippen LogP contribution in [0.3, 0.4) is 0 Å². The number of unbranched alkanes of at least 4 members (excludes halogenated alkanes) is 1. The molecule has 0 spiro atoms. The molecule has 0 aromatic heterocycles. The monoisotopic (exact) mass is 211 g/mol. The van der Waals surface area contributed by atoms with Crippen molar-refractivity contribution >= 4 is 5.97 Å². The van der Waals surface area contributed by atoms with E-state index < -0.39 is 12.1 Å². The van der Waals surface area contributed by atoms with Gasteiger partial charge in [-0.05, 0) is 19.8 Å². The molecule has 4 heteroatoms. The third-order valence-corrected chi connectivity index (χ3v) is 1.70. The molecule has 0 aliphatic carbocycles. The molecule has 0 aromatic carbocycles. The van der Waals surface area contributed by atoms with Crippen molar-refractivity contribution in [3.05, 3.63) is 12.3 Å². The maximum atomic E-state index is 10.9. The number of carbonyl (C=O) groups is 1. The maximum absolute atomic E-state index is 10.9.